The first kappa shape index (κ1) is 17.7. The summed E-state index contributed by atoms with van der Waals surface area (Å²) in [6, 6.07) is 8.24. The number of nitrogens with zero attached hydrogens (tertiary/aromatic N) is 2. The molecule has 1 atom stereocenters. The van der Waals surface area contributed by atoms with Gasteiger partial charge in [0.15, 0.2) is 0 Å². The molecule has 1 aliphatic rings. The minimum Gasteiger partial charge on any atom is -0.481 e. The van der Waals surface area contributed by atoms with Crippen LogP contribution in [0.4, 0.5) is 4.39 Å². The molecule has 0 spiro atoms. The highest BCUT2D eigenvalue weighted by atomic mass is 19.1. The van der Waals surface area contributed by atoms with Gasteiger partial charge < -0.3 is 15.0 Å². The van der Waals surface area contributed by atoms with Gasteiger partial charge in [0.2, 0.25) is 0 Å². The number of hydrogen-bond donors (Lipinski definition) is 2. The molecule has 0 saturated carbocycles. The third-order valence-corrected chi connectivity index (χ3v) is 4.56. The number of halogens is 1. The number of carbonyl (C=O) groups is 2. The molecule has 134 valence electrons. The predicted octanol–water partition coefficient (Wildman–Crippen LogP) is 2.78. The molecule has 0 fully saturated rings. The quantitative estimate of drug-likeness (QED) is 0.862. The van der Waals surface area contributed by atoms with E-state index in [1.165, 1.54) is 24.3 Å². The molecule has 6 nitrogen and oxygen atoms in total. The van der Waals surface area contributed by atoms with Crippen molar-refractivity contribution in [3.8, 4) is 6.07 Å². The van der Waals surface area contributed by atoms with E-state index in [2.05, 4.69) is 11.4 Å². The summed E-state index contributed by atoms with van der Waals surface area (Å²) < 4.78 is 15.0. The molecular weight excluding hydrogens is 337 g/mol. The molecule has 26 heavy (non-hydrogen) atoms. The molecule has 0 aliphatic carbocycles. The van der Waals surface area contributed by atoms with Crippen LogP contribution in [0.3, 0.4) is 0 Å². The number of carbonyl (C=O) groups excluding carboxylic acids is 1. The minimum absolute atomic E-state index is 0.323. The van der Waals surface area contributed by atoms with Crippen molar-refractivity contribution in [1.29, 1.82) is 5.26 Å². The van der Waals surface area contributed by atoms with Crippen LogP contribution < -0.4 is 5.32 Å². The SMILES string of the molecule is N#Cc1cc(C(=O)NC(CC(=O)O)c2ccc(F)cc2)n2c1CCCC2. The zero-order chi connectivity index (χ0) is 18.7. The highest BCUT2D eigenvalue weighted by Gasteiger charge is 2.25. The summed E-state index contributed by atoms with van der Waals surface area (Å²) in [4.78, 5) is 23.9. The first-order valence-electron chi connectivity index (χ1n) is 8.40. The Hall–Kier alpha value is -3.14. The molecule has 7 heteroatoms. The van der Waals surface area contributed by atoms with E-state index < -0.39 is 23.7 Å². The number of aliphatic carboxylic acids is 1. The second-order valence-corrected chi connectivity index (χ2v) is 6.29. The fourth-order valence-corrected chi connectivity index (χ4v) is 3.32. The molecule has 3 rings (SSSR count). The molecule has 1 amide bonds. The van der Waals surface area contributed by atoms with E-state index in [4.69, 9.17) is 5.11 Å². The molecule has 1 aromatic heterocycles. The second-order valence-electron chi connectivity index (χ2n) is 6.29. The topological polar surface area (TPSA) is 95.1 Å². The Morgan fingerprint density at radius 1 is 1.31 bits per heavy atom. The molecule has 1 aromatic carbocycles. The van der Waals surface area contributed by atoms with Crippen LogP contribution in [0.25, 0.3) is 0 Å². The highest BCUT2D eigenvalue weighted by molar-refractivity contribution is 5.94. The number of hydrogen-bond acceptors (Lipinski definition) is 3. The van der Waals surface area contributed by atoms with Crippen molar-refractivity contribution >= 4 is 11.9 Å². The Morgan fingerprint density at radius 2 is 2.04 bits per heavy atom. The van der Waals surface area contributed by atoms with Crippen LogP contribution in [-0.4, -0.2) is 21.6 Å². The third-order valence-electron chi connectivity index (χ3n) is 4.56. The summed E-state index contributed by atoms with van der Waals surface area (Å²) in [6.07, 6.45) is 2.31. The number of nitrogens with one attached hydrogen (secondary N) is 1. The van der Waals surface area contributed by atoms with Crippen molar-refractivity contribution in [2.45, 2.75) is 38.3 Å². The van der Waals surface area contributed by atoms with E-state index in [1.54, 1.807) is 6.07 Å². The third kappa shape index (κ3) is 3.59. The lowest BCUT2D eigenvalue weighted by Gasteiger charge is -2.21. The number of benzene rings is 1. The van der Waals surface area contributed by atoms with Crippen LogP contribution in [0.15, 0.2) is 30.3 Å². The van der Waals surface area contributed by atoms with Crippen LogP contribution in [-0.2, 0) is 17.8 Å². The number of rotatable bonds is 5. The van der Waals surface area contributed by atoms with Gasteiger partial charge in [0.25, 0.3) is 5.91 Å². The average Bonchev–Trinajstić information content (AvgIpc) is 3.00. The summed E-state index contributed by atoms with van der Waals surface area (Å²) >= 11 is 0. The lowest BCUT2D eigenvalue weighted by Crippen LogP contribution is -2.32. The largest absolute Gasteiger partial charge is 0.481 e. The Balaban J connectivity index is 1.89. The molecule has 1 unspecified atom stereocenters. The maximum Gasteiger partial charge on any atom is 0.305 e. The second kappa shape index (κ2) is 7.40. The van der Waals surface area contributed by atoms with Gasteiger partial charge >= 0.3 is 5.97 Å². The monoisotopic (exact) mass is 355 g/mol. The van der Waals surface area contributed by atoms with Gasteiger partial charge in [-0.3, -0.25) is 9.59 Å². The number of carboxylic acids is 1. The smallest absolute Gasteiger partial charge is 0.305 e. The Bertz CT molecular complexity index is 881. The standard InChI is InChI=1S/C19H18FN3O3/c20-14-6-4-12(5-7-14)15(10-18(24)25)22-19(26)17-9-13(11-21)16-3-1-2-8-23(16)17/h4-7,9,15H,1-3,8,10H2,(H,22,26)(H,24,25). The van der Waals surface area contributed by atoms with Gasteiger partial charge in [0, 0.05) is 12.2 Å². The number of amides is 1. The number of fused-ring (bicyclic) bond motifs is 1. The van der Waals surface area contributed by atoms with Crippen LogP contribution in [0, 0.1) is 17.1 Å². The maximum atomic E-state index is 13.1. The van der Waals surface area contributed by atoms with Crippen molar-refractivity contribution < 1.29 is 19.1 Å². The van der Waals surface area contributed by atoms with Crippen LogP contribution in [0.1, 0.15) is 52.6 Å². The number of nitriles is 1. The van der Waals surface area contributed by atoms with E-state index in [0.29, 0.717) is 23.4 Å². The maximum absolute atomic E-state index is 13.1. The molecule has 1 aliphatic heterocycles. The van der Waals surface area contributed by atoms with Gasteiger partial charge in [0.1, 0.15) is 17.6 Å². The molecule has 0 bridgehead atoms. The Labute approximate surface area is 149 Å². The first-order chi connectivity index (χ1) is 12.5. The molecular formula is C19H18FN3O3. The number of aromatic nitrogens is 1. The molecule has 2 N–H and O–H groups in total. The van der Waals surface area contributed by atoms with Gasteiger partial charge in [-0.1, -0.05) is 12.1 Å². The Morgan fingerprint density at radius 3 is 2.69 bits per heavy atom. The van der Waals surface area contributed by atoms with Crippen LogP contribution in [0.5, 0.6) is 0 Å². The van der Waals surface area contributed by atoms with Crippen molar-refractivity contribution in [3.05, 3.63) is 58.7 Å². The summed E-state index contributed by atoms with van der Waals surface area (Å²) in [5.41, 5.74) is 2.19. The van der Waals surface area contributed by atoms with Gasteiger partial charge in [-0.25, -0.2) is 4.39 Å². The molecule has 0 saturated heterocycles. The lowest BCUT2D eigenvalue weighted by molar-refractivity contribution is -0.137. The fraction of sp³-hybridized carbons (Fsp3) is 0.316. The molecule has 2 aromatic rings. The van der Waals surface area contributed by atoms with Crippen molar-refractivity contribution in [2.75, 3.05) is 0 Å². The lowest BCUT2D eigenvalue weighted by atomic mass is 10.0. The summed E-state index contributed by atoms with van der Waals surface area (Å²) in [6.45, 7) is 0.653. The zero-order valence-corrected chi connectivity index (χ0v) is 14.0. The molecule has 0 radical (unpaired) electrons. The number of carboxylic acid groups (broad SMARTS) is 1. The van der Waals surface area contributed by atoms with Gasteiger partial charge in [-0.2, -0.15) is 5.26 Å². The van der Waals surface area contributed by atoms with Crippen LogP contribution >= 0.6 is 0 Å². The van der Waals surface area contributed by atoms with E-state index in [0.717, 1.165) is 25.0 Å². The van der Waals surface area contributed by atoms with E-state index in [1.807, 2.05) is 4.57 Å². The summed E-state index contributed by atoms with van der Waals surface area (Å²) in [5.74, 6) is -1.95. The average molecular weight is 355 g/mol. The van der Waals surface area contributed by atoms with Gasteiger partial charge in [-0.05, 0) is 43.0 Å². The summed E-state index contributed by atoms with van der Waals surface area (Å²) in [5, 5.41) is 21.1. The van der Waals surface area contributed by atoms with E-state index in [-0.39, 0.29) is 6.42 Å². The Kier molecular flexibility index (Phi) is 5.03. The van der Waals surface area contributed by atoms with E-state index >= 15 is 0 Å². The first-order valence-corrected chi connectivity index (χ1v) is 8.40. The van der Waals surface area contributed by atoms with Gasteiger partial charge in [0.05, 0.1) is 18.0 Å². The minimum atomic E-state index is -1.07. The fourth-order valence-electron chi connectivity index (χ4n) is 3.32. The van der Waals surface area contributed by atoms with E-state index in [9.17, 15) is 19.2 Å². The van der Waals surface area contributed by atoms with Crippen molar-refractivity contribution in [1.82, 2.24) is 9.88 Å². The van der Waals surface area contributed by atoms with Gasteiger partial charge in [-0.15, -0.1) is 0 Å². The normalized spacial score (nSPS) is 14.2. The van der Waals surface area contributed by atoms with Crippen LogP contribution in [0.2, 0.25) is 0 Å². The highest BCUT2D eigenvalue weighted by Crippen LogP contribution is 2.24. The summed E-state index contributed by atoms with van der Waals surface area (Å²) in [7, 11) is 0. The molecule has 2 heterocycles. The zero-order valence-electron chi connectivity index (χ0n) is 14.0. The van der Waals surface area contributed by atoms with Crippen molar-refractivity contribution in [3.63, 3.8) is 0 Å². The van der Waals surface area contributed by atoms with Crippen molar-refractivity contribution in [2.24, 2.45) is 0 Å². The predicted molar refractivity (Wildman–Crippen MR) is 90.9 cm³/mol.